The second-order valence-electron chi connectivity index (χ2n) is 3.71. The molecule has 0 bridgehead atoms. The van der Waals surface area contributed by atoms with Gasteiger partial charge in [0.05, 0.1) is 11.4 Å². The molecule has 0 fully saturated rings. The van der Waals surface area contributed by atoms with Crippen molar-refractivity contribution in [3.63, 3.8) is 0 Å². The van der Waals surface area contributed by atoms with Gasteiger partial charge in [-0.05, 0) is 12.1 Å². The maximum atomic E-state index is 12.5. The molecule has 0 radical (unpaired) electrons. The molecule has 2 heterocycles. The summed E-state index contributed by atoms with van der Waals surface area (Å²) in [6.45, 7) is -5.04. The van der Waals surface area contributed by atoms with Gasteiger partial charge in [-0.3, -0.25) is 0 Å². The van der Waals surface area contributed by atoms with Gasteiger partial charge in [-0.15, -0.1) is 0 Å². The normalized spacial score (nSPS) is 11.7. The zero-order valence-corrected chi connectivity index (χ0v) is 9.68. The van der Waals surface area contributed by atoms with Gasteiger partial charge in [0.15, 0.2) is 0 Å². The van der Waals surface area contributed by atoms with Crippen LogP contribution in [0.5, 0.6) is 0 Å². The van der Waals surface area contributed by atoms with E-state index in [0.717, 1.165) is 6.20 Å². The lowest BCUT2D eigenvalue weighted by molar-refractivity contribution is 0.0528. The number of hydrogen-bond acceptors (Lipinski definition) is 3. The van der Waals surface area contributed by atoms with E-state index in [9.17, 15) is 17.6 Å². The first-order chi connectivity index (χ1) is 9.08. The quantitative estimate of drug-likeness (QED) is 0.823. The van der Waals surface area contributed by atoms with Crippen LogP contribution in [-0.4, -0.2) is 19.6 Å². The van der Waals surface area contributed by atoms with Crippen molar-refractivity contribution >= 4 is 0 Å². The molecule has 104 valence electrons. The third-order valence-electron chi connectivity index (χ3n) is 2.41. The van der Waals surface area contributed by atoms with Gasteiger partial charge in [-0.25, -0.2) is 9.36 Å². The van der Waals surface area contributed by atoms with Crippen molar-refractivity contribution < 1.29 is 17.6 Å². The molecule has 0 spiro atoms. The summed E-state index contributed by atoms with van der Waals surface area (Å²) in [5.41, 5.74) is 0.715. The molecule has 0 saturated heterocycles. The molecule has 0 saturated carbocycles. The van der Waals surface area contributed by atoms with Crippen molar-refractivity contribution in [2.24, 2.45) is 0 Å². The third kappa shape index (κ3) is 3.31. The zero-order chi connectivity index (χ0) is 13.8. The van der Waals surface area contributed by atoms with Gasteiger partial charge >= 0.3 is 13.1 Å². The van der Waals surface area contributed by atoms with Crippen molar-refractivity contribution in [3.05, 3.63) is 35.9 Å². The molecule has 0 unspecified atom stereocenters. The van der Waals surface area contributed by atoms with Crippen LogP contribution in [0.3, 0.4) is 0 Å². The molecule has 0 aliphatic rings. The number of aromatic nitrogens is 4. The average molecular weight is 277 g/mol. The molecule has 2 rings (SSSR count). The molecular formula is C10H11F4N5. The zero-order valence-electron chi connectivity index (χ0n) is 9.68. The highest BCUT2D eigenvalue weighted by Crippen LogP contribution is 2.12. The minimum atomic E-state index is -2.70. The second kappa shape index (κ2) is 5.83. The van der Waals surface area contributed by atoms with Gasteiger partial charge in [0, 0.05) is 25.5 Å². The van der Waals surface area contributed by atoms with Gasteiger partial charge < -0.3 is 5.32 Å². The van der Waals surface area contributed by atoms with Gasteiger partial charge in [-0.2, -0.15) is 27.8 Å². The molecule has 0 atom stereocenters. The Hall–Kier alpha value is -1.90. The first-order valence-electron chi connectivity index (χ1n) is 5.41. The molecule has 0 aromatic carbocycles. The van der Waals surface area contributed by atoms with Crippen LogP contribution in [0.2, 0.25) is 0 Å². The first kappa shape index (κ1) is 13.5. The summed E-state index contributed by atoms with van der Waals surface area (Å²) in [6, 6.07) is 2.89. The number of nitrogens with zero attached hydrogens (tertiary/aromatic N) is 4. The van der Waals surface area contributed by atoms with Crippen molar-refractivity contribution in [3.8, 4) is 0 Å². The maximum Gasteiger partial charge on any atom is 0.333 e. The number of halogens is 4. The number of hydrogen-bond donors (Lipinski definition) is 1. The molecule has 0 amide bonds. The Morgan fingerprint density at radius 1 is 1.11 bits per heavy atom. The third-order valence-corrected chi connectivity index (χ3v) is 2.41. The van der Waals surface area contributed by atoms with Crippen LogP contribution in [0, 0.1) is 0 Å². The number of alkyl halides is 4. The van der Waals surface area contributed by atoms with E-state index in [4.69, 9.17) is 0 Å². The minimum absolute atomic E-state index is 0.145. The summed E-state index contributed by atoms with van der Waals surface area (Å²) in [6.07, 6.45) is 2.43. The van der Waals surface area contributed by atoms with Crippen molar-refractivity contribution in [1.29, 1.82) is 0 Å². The van der Waals surface area contributed by atoms with E-state index in [2.05, 4.69) is 15.5 Å². The average Bonchev–Trinajstić information content (AvgIpc) is 2.97. The second-order valence-corrected chi connectivity index (χ2v) is 3.71. The van der Waals surface area contributed by atoms with Crippen molar-refractivity contribution in [2.45, 2.75) is 26.2 Å². The largest absolute Gasteiger partial charge is 0.333 e. The number of nitrogens with one attached hydrogen (secondary N) is 1. The van der Waals surface area contributed by atoms with E-state index in [1.165, 1.54) is 18.3 Å². The fourth-order valence-corrected chi connectivity index (χ4v) is 1.56. The van der Waals surface area contributed by atoms with Gasteiger partial charge in [0.2, 0.25) is 0 Å². The van der Waals surface area contributed by atoms with Crippen molar-refractivity contribution in [1.82, 2.24) is 24.9 Å². The Morgan fingerprint density at radius 2 is 1.89 bits per heavy atom. The van der Waals surface area contributed by atoms with Crippen LogP contribution in [0.25, 0.3) is 0 Å². The highest BCUT2D eigenvalue weighted by Gasteiger charge is 2.11. The maximum absolute atomic E-state index is 12.5. The van der Waals surface area contributed by atoms with E-state index in [0.29, 0.717) is 20.8 Å². The van der Waals surface area contributed by atoms with Crippen LogP contribution in [0.15, 0.2) is 24.5 Å². The van der Waals surface area contributed by atoms with E-state index < -0.39 is 13.1 Å². The molecule has 9 heteroatoms. The fraction of sp³-hybridized carbons (Fsp3) is 0.400. The van der Waals surface area contributed by atoms with Gasteiger partial charge in [0.1, 0.15) is 0 Å². The smallest absolute Gasteiger partial charge is 0.305 e. The Kier molecular flexibility index (Phi) is 4.15. The lowest BCUT2D eigenvalue weighted by Crippen LogP contribution is -2.17. The Morgan fingerprint density at radius 3 is 2.53 bits per heavy atom. The van der Waals surface area contributed by atoms with Crippen molar-refractivity contribution in [2.75, 3.05) is 0 Å². The summed E-state index contributed by atoms with van der Waals surface area (Å²) >= 11 is 0. The van der Waals surface area contributed by atoms with E-state index in [-0.39, 0.29) is 13.1 Å². The molecule has 0 aliphatic heterocycles. The Balaban J connectivity index is 1.87. The topological polar surface area (TPSA) is 47.7 Å². The van der Waals surface area contributed by atoms with Crippen LogP contribution in [0.1, 0.15) is 24.5 Å². The Bertz CT molecular complexity index is 521. The highest BCUT2D eigenvalue weighted by molar-refractivity contribution is 5.02. The van der Waals surface area contributed by atoms with Crippen LogP contribution >= 0.6 is 0 Å². The van der Waals surface area contributed by atoms with Gasteiger partial charge in [0.25, 0.3) is 0 Å². The molecule has 1 N–H and O–H groups in total. The molecule has 0 aliphatic carbocycles. The molecule has 2 aromatic rings. The fourth-order valence-electron chi connectivity index (χ4n) is 1.56. The summed E-state index contributed by atoms with van der Waals surface area (Å²) < 4.78 is 50.6. The van der Waals surface area contributed by atoms with E-state index in [1.54, 1.807) is 0 Å². The lowest BCUT2D eigenvalue weighted by atomic mass is 10.4. The summed E-state index contributed by atoms with van der Waals surface area (Å²) in [4.78, 5) is 0. The summed E-state index contributed by atoms with van der Waals surface area (Å²) in [5.74, 6) is 0. The van der Waals surface area contributed by atoms with Gasteiger partial charge in [-0.1, -0.05) is 0 Å². The summed E-state index contributed by atoms with van der Waals surface area (Å²) in [7, 11) is 0. The first-order valence-corrected chi connectivity index (χ1v) is 5.41. The predicted molar refractivity (Wildman–Crippen MR) is 57.5 cm³/mol. The number of rotatable bonds is 6. The lowest BCUT2D eigenvalue weighted by Gasteiger charge is -2.06. The summed E-state index contributed by atoms with van der Waals surface area (Å²) in [5, 5.41) is 9.93. The minimum Gasteiger partial charge on any atom is -0.305 e. The molecule has 5 nitrogen and oxygen atoms in total. The standard InChI is InChI=1S/C10H11F4N5/c11-9(12)18-4-2-7(17-18)5-15-6-8-1-3-16-19(8)10(13)14/h1-4,9-10,15H,5-6H2. The van der Waals surface area contributed by atoms with Crippen LogP contribution in [0.4, 0.5) is 17.6 Å². The molecular weight excluding hydrogens is 266 g/mol. The van der Waals surface area contributed by atoms with Crippen LogP contribution < -0.4 is 5.32 Å². The SMILES string of the molecule is FC(F)n1ccc(CNCc2ccnn2C(F)F)n1. The van der Waals surface area contributed by atoms with E-state index >= 15 is 0 Å². The Labute approximate surface area is 105 Å². The van der Waals surface area contributed by atoms with E-state index in [1.807, 2.05) is 0 Å². The molecule has 19 heavy (non-hydrogen) atoms. The monoisotopic (exact) mass is 277 g/mol. The van der Waals surface area contributed by atoms with Crippen LogP contribution in [-0.2, 0) is 13.1 Å². The molecule has 2 aromatic heterocycles. The highest BCUT2D eigenvalue weighted by atomic mass is 19.3. The predicted octanol–water partition coefficient (Wildman–Crippen LogP) is 2.16.